The van der Waals surface area contributed by atoms with Crippen LogP contribution in [0, 0.1) is 5.92 Å². The van der Waals surface area contributed by atoms with Gasteiger partial charge in [0.2, 0.25) is 0 Å². The molecule has 0 aliphatic heterocycles. The quantitative estimate of drug-likeness (QED) is 0.350. The molecule has 1 aliphatic rings. The fraction of sp³-hybridized carbons (Fsp3) is 0.348. The molecule has 4 rings (SSSR count). The highest BCUT2D eigenvalue weighted by atomic mass is 16.3. The third kappa shape index (κ3) is 4.83. The molecule has 0 unspecified atom stereocenters. The Labute approximate surface area is 186 Å². The summed E-state index contributed by atoms with van der Waals surface area (Å²) in [6.45, 7) is 2.63. The van der Waals surface area contributed by atoms with Crippen LogP contribution in [0.4, 0.5) is 10.5 Å². The third-order valence-corrected chi connectivity index (χ3v) is 5.74. The van der Waals surface area contributed by atoms with Gasteiger partial charge in [0.15, 0.2) is 0 Å². The fourth-order valence-corrected chi connectivity index (χ4v) is 3.72. The van der Waals surface area contributed by atoms with Crippen molar-refractivity contribution >= 4 is 23.1 Å². The Morgan fingerprint density at radius 1 is 1.22 bits per heavy atom. The first kappa shape index (κ1) is 21.6. The number of hydrogen-bond acceptors (Lipinski definition) is 5. The van der Waals surface area contributed by atoms with E-state index in [2.05, 4.69) is 28.0 Å². The number of anilines is 1. The van der Waals surface area contributed by atoms with E-state index in [1.54, 1.807) is 4.52 Å². The number of aliphatic hydroxyl groups excluding tert-OH is 1. The number of amides is 3. The van der Waals surface area contributed by atoms with Gasteiger partial charge in [0.05, 0.1) is 29.6 Å². The molecule has 1 atom stereocenters. The van der Waals surface area contributed by atoms with E-state index in [1.165, 1.54) is 19.0 Å². The second kappa shape index (κ2) is 9.27. The summed E-state index contributed by atoms with van der Waals surface area (Å²) >= 11 is 0. The number of urea groups is 1. The smallest absolute Gasteiger partial charge is 0.315 e. The van der Waals surface area contributed by atoms with Crippen molar-refractivity contribution < 1.29 is 14.7 Å². The predicted molar refractivity (Wildman–Crippen MR) is 122 cm³/mol. The van der Waals surface area contributed by atoms with Crippen molar-refractivity contribution in [1.82, 2.24) is 20.2 Å². The lowest BCUT2D eigenvalue weighted by Gasteiger charge is -2.17. The van der Waals surface area contributed by atoms with Crippen LogP contribution >= 0.6 is 0 Å². The van der Waals surface area contributed by atoms with E-state index in [1.807, 2.05) is 36.5 Å². The Bertz CT molecular complexity index is 1120. The number of fused-ring (bicyclic) bond motifs is 1. The molecule has 1 aromatic carbocycles. The molecule has 0 spiro atoms. The van der Waals surface area contributed by atoms with E-state index in [0.717, 1.165) is 22.2 Å². The molecule has 1 saturated carbocycles. The average Bonchev–Trinajstić information content (AvgIpc) is 3.55. The summed E-state index contributed by atoms with van der Waals surface area (Å²) in [7, 11) is 0. The van der Waals surface area contributed by atoms with Crippen LogP contribution in [-0.4, -0.2) is 45.9 Å². The Kier molecular flexibility index (Phi) is 6.27. The molecule has 0 saturated heterocycles. The molecule has 3 amide bonds. The molecule has 1 aliphatic carbocycles. The third-order valence-electron chi connectivity index (χ3n) is 5.74. The normalized spacial score (nSPS) is 14.2. The van der Waals surface area contributed by atoms with Crippen LogP contribution in [0.25, 0.3) is 16.6 Å². The molecular weight excluding hydrogens is 408 g/mol. The summed E-state index contributed by atoms with van der Waals surface area (Å²) in [4.78, 5) is 23.6. The molecule has 9 nitrogen and oxygen atoms in total. The summed E-state index contributed by atoms with van der Waals surface area (Å²) in [5, 5.41) is 21.9. The summed E-state index contributed by atoms with van der Waals surface area (Å²) in [6, 6.07) is 9.77. The lowest BCUT2D eigenvalue weighted by atomic mass is 10.1. The maximum atomic E-state index is 12.0. The van der Waals surface area contributed by atoms with Gasteiger partial charge in [0.25, 0.3) is 5.91 Å². The number of benzene rings is 1. The summed E-state index contributed by atoms with van der Waals surface area (Å²) < 4.78 is 1.75. The van der Waals surface area contributed by atoms with Gasteiger partial charge in [-0.3, -0.25) is 4.79 Å². The van der Waals surface area contributed by atoms with E-state index >= 15 is 0 Å². The molecule has 3 aromatic rings. The van der Waals surface area contributed by atoms with E-state index in [-0.39, 0.29) is 25.2 Å². The number of hydrogen-bond donors (Lipinski definition) is 5. The topological polar surface area (TPSA) is 134 Å². The van der Waals surface area contributed by atoms with Crippen molar-refractivity contribution in [3.8, 4) is 11.1 Å². The first-order valence-corrected chi connectivity index (χ1v) is 10.8. The van der Waals surface area contributed by atoms with Crippen LogP contribution in [0.3, 0.4) is 0 Å². The lowest BCUT2D eigenvalue weighted by Crippen LogP contribution is -2.36. The van der Waals surface area contributed by atoms with Crippen molar-refractivity contribution in [2.24, 2.45) is 11.7 Å². The van der Waals surface area contributed by atoms with Gasteiger partial charge in [-0.2, -0.15) is 5.10 Å². The highest BCUT2D eigenvalue weighted by Gasteiger charge is 2.29. The minimum atomic E-state index is -0.506. The number of nitrogens with zero attached hydrogens (tertiary/aromatic N) is 2. The van der Waals surface area contributed by atoms with Gasteiger partial charge in [-0.1, -0.05) is 24.3 Å². The van der Waals surface area contributed by atoms with Crippen LogP contribution in [-0.2, 0) is 6.54 Å². The zero-order valence-corrected chi connectivity index (χ0v) is 18.0. The van der Waals surface area contributed by atoms with Crippen LogP contribution in [0.15, 0.2) is 42.7 Å². The van der Waals surface area contributed by atoms with Crippen molar-refractivity contribution in [3.05, 3.63) is 53.9 Å². The zero-order valence-electron chi connectivity index (χ0n) is 18.0. The molecule has 0 bridgehead atoms. The molecular formula is C23H28N6O3. The molecule has 2 aromatic heterocycles. The largest absolute Gasteiger partial charge is 0.395 e. The van der Waals surface area contributed by atoms with Crippen molar-refractivity contribution in [1.29, 1.82) is 0 Å². The van der Waals surface area contributed by atoms with Gasteiger partial charge in [-0.15, -0.1) is 0 Å². The molecule has 0 radical (unpaired) electrons. The van der Waals surface area contributed by atoms with Gasteiger partial charge in [-0.05, 0) is 42.9 Å². The second-order valence-electron chi connectivity index (χ2n) is 8.16. The summed E-state index contributed by atoms with van der Waals surface area (Å²) in [5.74, 6) is 0.110. The number of primary amides is 1. The summed E-state index contributed by atoms with van der Waals surface area (Å²) in [5.41, 5.74) is 10.4. The Hall–Kier alpha value is -3.59. The SMILES string of the molecule is C[C@@H](Nc1c(C(N)=O)cnn2cc(-c3ccc(CNC(=O)NCCO)cc3)cc12)C1CC1. The number of carbonyl (C=O) groups excluding carboxylic acids is 2. The number of nitrogens with two attached hydrogens (primary N) is 1. The van der Waals surface area contributed by atoms with E-state index < -0.39 is 5.91 Å². The summed E-state index contributed by atoms with van der Waals surface area (Å²) in [6.07, 6.45) is 5.82. The Morgan fingerprint density at radius 2 is 1.97 bits per heavy atom. The van der Waals surface area contributed by atoms with Gasteiger partial charge in [0.1, 0.15) is 0 Å². The lowest BCUT2D eigenvalue weighted by molar-refractivity contribution is 0.100. The molecule has 168 valence electrons. The molecule has 1 fully saturated rings. The first-order valence-electron chi connectivity index (χ1n) is 10.8. The van der Waals surface area contributed by atoms with Crippen LogP contribution in [0.5, 0.6) is 0 Å². The van der Waals surface area contributed by atoms with E-state index in [9.17, 15) is 9.59 Å². The van der Waals surface area contributed by atoms with Gasteiger partial charge < -0.3 is 26.8 Å². The molecule has 9 heteroatoms. The van der Waals surface area contributed by atoms with Crippen molar-refractivity contribution in [3.63, 3.8) is 0 Å². The van der Waals surface area contributed by atoms with Crippen LogP contribution < -0.4 is 21.7 Å². The Morgan fingerprint density at radius 3 is 2.62 bits per heavy atom. The fourth-order valence-electron chi connectivity index (χ4n) is 3.72. The van der Waals surface area contributed by atoms with Gasteiger partial charge in [0, 0.05) is 30.9 Å². The standard InChI is InChI=1S/C23H28N6O3/c1-14(16-6-7-16)28-21-19(22(24)31)12-27-29-13-18(10-20(21)29)17-4-2-15(3-5-17)11-26-23(32)25-8-9-30/h2-5,10,12-14,16,28,30H,6-9,11H2,1H3,(H2,24,31)(H2,25,26,32)/t14-/m1/s1. The van der Waals surface area contributed by atoms with Gasteiger partial charge in [-0.25, -0.2) is 9.31 Å². The predicted octanol–water partition coefficient (Wildman–Crippen LogP) is 2.10. The highest BCUT2D eigenvalue weighted by Crippen LogP contribution is 2.36. The average molecular weight is 437 g/mol. The molecule has 32 heavy (non-hydrogen) atoms. The van der Waals surface area contributed by atoms with Crippen molar-refractivity contribution in [2.45, 2.75) is 32.4 Å². The number of rotatable bonds is 9. The number of aliphatic hydroxyl groups is 1. The highest BCUT2D eigenvalue weighted by molar-refractivity contribution is 6.02. The number of aromatic nitrogens is 2. The second-order valence-corrected chi connectivity index (χ2v) is 8.16. The number of nitrogens with one attached hydrogen (secondary N) is 3. The first-order chi connectivity index (χ1) is 15.5. The molecule has 2 heterocycles. The number of carbonyl (C=O) groups is 2. The molecule has 6 N–H and O–H groups in total. The van der Waals surface area contributed by atoms with Crippen LogP contribution in [0.2, 0.25) is 0 Å². The zero-order chi connectivity index (χ0) is 22.7. The minimum absolute atomic E-state index is 0.0966. The monoisotopic (exact) mass is 436 g/mol. The van der Waals surface area contributed by atoms with Crippen molar-refractivity contribution in [2.75, 3.05) is 18.5 Å². The maximum Gasteiger partial charge on any atom is 0.315 e. The maximum absolute atomic E-state index is 12.0. The van der Waals surface area contributed by atoms with Crippen LogP contribution in [0.1, 0.15) is 35.7 Å². The Balaban J connectivity index is 1.55. The van der Waals surface area contributed by atoms with E-state index in [0.29, 0.717) is 23.7 Å². The van der Waals surface area contributed by atoms with E-state index in [4.69, 9.17) is 10.8 Å². The van der Waals surface area contributed by atoms with Gasteiger partial charge >= 0.3 is 6.03 Å². The minimum Gasteiger partial charge on any atom is -0.395 e.